The SMILES string of the molecule is COc1cccc(C2=NN(C(=O)c3cccs3)C(c3ccccc3O)C2)c1. The van der Waals surface area contributed by atoms with Crippen molar-refractivity contribution >= 4 is 23.0 Å². The second-order valence-corrected chi connectivity index (χ2v) is 7.13. The van der Waals surface area contributed by atoms with Crippen molar-refractivity contribution in [1.82, 2.24) is 5.01 Å². The van der Waals surface area contributed by atoms with Crippen LogP contribution in [0.2, 0.25) is 0 Å². The molecule has 5 nitrogen and oxygen atoms in total. The van der Waals surface area contributed by atoms with Crippen molar-refractivity contribution in [2.24, 2.45) is 5.10 Å². The molecule has 2 heterocycles. The van der Waals surface area contributed by atoms with Crippen molar-refractivity contribution < 1.29 is 14.6 Å². The van der Waals surface area contributed by atoms with Gasteiger partial charge in [-0.25, -0.2) is 5.01 Å². The smallest absolute Gasteiger partial charge is 0.284 e. The van der Waals surface area contributed by atoms with Gasteiger partial charge in [0, 0.05) is 17.5 Å². The molecule has 0 spiro atoms. The van der Waals surface area contributed by atoms with E-state index in [1.807, 2.05) is 47.8 Å². The predicted molar refractivity (Wildman–Crippen MR) is 105 cm³/mol. The van der Waals surface area contributed by atoms with Crippen LogP contribution in [0.4, 0.5) is 0 Å². The minimum Gasteiger partial charge on any atom is -0.508 e. The standard InChI is InChI=1S/C21H18N2O3S/c1-26-15-7-4-6-14(12-15)17-13-18(16-8-2-3-9-19(16)24)23(22-17)21(25)20-10-5-11-27-20/h2-12,18,24H,13H2,1H3. The zero-order valence-electron chi connectivity index (χ0n) is 14.7. The van der Waals surface area contributed by atoms with E-state index in [0.29, 0.717) is 16.9 Å². The number of methoxy groups -OCH3 is 1. The summed E-state index contributed by atoms with van der Waals surface area (Å²) in [7, 11) is 1.62. The average molecular weight is 378 g/mol. The average Bonchev–Trinajstić information content (AvgIpc) is 3.38. The third-order valence-electron chi connectivity index (χ3n) is 4.55. The summed E-state index contributed by atoms with van der Waals surface area (Å²) < 4.78 is 5.30. The van der Waals surface area contributed by atoms with Gasteiger partial charge in [-0.05, 0) is 29.6 Å². The number of thiophene rings is 1. The molecule has 2 aromatic carbocycles. The molecule has 1 N–H and O–H groups in total. The van der Waals surface area contributed by atoms with Gasteiger partial charge in [-0.15, -0.1) is 11.3 Å². The maximum atomic E-state index is 13.0. The molecule has 27 heavy (non-hydrogen) atoms. The second-order valence-electron chi connectivity index (χ2n) is 6.18. The van der Waals surface area contributed by atoms with E-state index in [2.05, 4.69) is 5.10 Å². The van der Waals surface area contributed by atoms with E-state index < -0.39 is 0 Å². The molecular formula is C21H18N2O3S. The normalized spacial score (nSPS) is 16.3. The number of phenols is 1. The highest BCUT2D eigenvalue weighted by Crippen LogP contribution is 2.38. The molecule has 0 radical (unpaired) electrons. The van der Waals surface area contributed by atoms with Crippen LogP contribution in [0.25, 0.3) is 0 Å². The van der Waals surface area contributed by atoms with Crippen LogP contribution in [-0.2, 0) is 0 Å². The van der Waals surface area contributed by atoms with Gasteiger partial charge in [0.2, 0.25) is 0 Å². The maximum Gasteiger partial charge on any atom is 0.284 e. The number of hydrogen-bond donors (Lipinski definition) is 1. The topological polar surface area (TPSA) is 62.1 Å². The highest BCUT2D eigenvalue weighted by atomic mass is 32.1. The number of aromatic hydroxyl groups is 1. The maximum absolute atomic E-state index is 13.0. The van der Waals surface area contributed by atoms with Gasteiger partial charge in [-0.1, -0.05) is 36.4 Å². The molecule has 1 unspecified atom stereocenters. The second kappa shape index (κ2) is 7.25. The van der Waals surface area contributed by atoms with Crippen LogP contribution < -0.4 is 4.74 Å². The summed E-state index contributed by atoms with van der Waals surface area (Å²) in [6.45, 7) is 0. The first-order valence-electron chi connectivity index (χ1n) is 8.54. The van der Waals surface area contributed by atoms with Gasteiger partial charge in [0.25, 0.3) is 5.91 Å². The number of ether oxygens (including phenoxy) is 1. The van der Waals surface area contributed by atoms with Crippen molar-refractivity contribution in [2.75, 3.05) is 7.11 Å². The Bertz CT molecular complexity index is 998. The van der Waals surface area contributed by atoms with E-state index >= 15 is 0 Å². The minimum absolute atomic E-state index is 0.161. The highest BCUT2D eigenvalue weighted by Gasteiger charge is 2.35. The van der Waals surface area contributed by atoms with Crippen molar-refractivity contribution in [2.45, 2.75) is 12.5 Å². The molecule has 0 aliphatic carbocycles. The first-order valence-corrected chi connectivity index (χ1v) is 9.42. The third kappa shape index (κ3) is 3.31. The predicted octanol–water partition coefficient (Wildman–Crippen LogP) is 4.45. The summed E-state index contributed by atoms with van der Waals surface area (Å²) in [6, 6.07) is 18.0. The number of hydrazone groups is 1. The lowest BCUT2D eigenvalue weighted by atomic mass is 9.97. The van der Waals surface area contributed by atoms with E-state index in [-0.39, 0.29) is 17.7 Å². The molecule has 1 aromatic heterocycles. The van der Waals surface area contributed by atoms with E-state index in [9.17, 15) is 9.90 Å². The fourth-order valence-corrected chi connectivity index (χ4v) is 3.85. The monoisotopic (exact) mass is 378 g/mol. The lowest BCUT2D eigenvalue weighted by Crippen LogP contribution is -2.26. The zero-order chi connectivity index (χ0) is 18.8. The molecule has 4 rings (SSSR count). The number of rotatable bonds is 4. The molecule has 1 amide bonds. The quantitative estimate of drug-likeness (QED) is 0.729. The number of para-hydroxylation sites is 1. The van der Waals surface area contributed by atoms with Gasteiger partial charge in [0.05, 0.1) is 23.7 Å². The van der Waals surface area contributed by atoms with Gasteiger partial charge >= 0.3 is 0 Å². The molecule has 1 atom stereocenters. The summed E-state index contributed by atoms with van der Waals surface area (Å²) in [5, 5.41) is 18.3. The number of hydrogen-bond acceptors (Lipinski definition) is 5. The Labute approximate surface area is 161 Å². The van der Waals surface area contributed by atoms with Gasteiger partial charge in [0.15, 0.2) is 0 Å². The fraction of sp³-hybridized carbons (Fsp3) is 0.143. The molecule has 0 fully saturated rings. The molecule has 0 saturated carbocycles. The third-order valence-corrected chi connectivity index (χ3v) is 5.41. The Morgan fingerprint density at radius 1 is 1.19 bits per heavy atom. The lowest BCUT2D eigenvalue weighted by molar-refractivity contribution is 0.0714. The minimum atomic E-state index is -0.359. The van der Waals surface area contributed by atoms with Gasteiger partial charge < -0.3 is 9.84 Å². The summed E-state index contributed by atoms with van der Waals surface area (Å²) in [5.41, 5.74) is 2.37. The van der Waals surface area contributed by atoms with Crippen molar-refractivity contribution in [3.8, 4) is 11.5 Å². The summed E-state index contributed by atoms with van der Waals surface area (Å²) >= 11 is 1.38. The fourth-order valence-electron chi connectivity index (χ4n) is 3.20. The van der Waals surface area contributed by atoms with Crippen LogP contribution in [0.15, 0.2) is 71.1 Å². The summed E-state index contributed by atoms with van der Waals surface area (Å²) in [6.07, 6.45) is 0.516. The Hall–Kier alpha value is -3.12. The van der Waals surface area contributed by atoms with Crippen molar-refractivity contribution in [1.29, 1.82) is 0 Å². The van der Waals surface area contributed by atoms with E-state index in [1.54, 1.807) is 25.3 Å². The summed E-state index contributed by atoms with van der Waals surface area (Å²) in [5.74, 6) is 0.724. The number of nitrogens with zero attached hydrogens (tertiary/aromatic N) is 2. The molecule has 136 valence electrons. The Balaban J connectivity index is 1.75. The Morgan fingerprint density at radius 2 is 2.04 bits per heavy atom. The Kier molecular flexibility index (Phi) is 4.64. The van der Waals surface area contributed by atoms with E-state index in [0.717, 1.165) is 17.0 Å². The molecule has 0 saturated heterocycles. The highest BCUT2D eigenvalue weighted by molar-refractivity contribution is 7.12. The zero-order valence-corrected chi connectivity index (χ0v) is 15.5. The molecule has 1 aliphatic rings. The van der Waals surface area contributed by atoms with Gasteiger partial charge in [-0.3, -0.25) is 4.79 Å². The van der Waals surface area contributed by atoms with E-state index in [1.165, 1.54) is 16.3 Å². The first-order chi connectivity index (χ1) is 13.2. The van der Waals surface area contributed by atoms with Crippen molar-refractivity contribution in [3.63, 3.8) is 0 Å². The van der Waals surface area contributed by atoms with Crippen LogP contribution in [0, 0.1) is 0 Å². The summed E-state index contributed by atoms with van der Waals surface area (Å²) in [4.78, 5) is 13.6. The van der Waals surface area contributed by atoms with Crippen LogP contribution >= 0.6 is 11.3 Å². The van der Waals surface area contributed by atoms with Crippen LogP contribution in [0.1, 0.15) is 33.3 Å². The Morgan fingerprint density at radius 3 is 2.78 bits per heavy atom. The number of carbonyl (C=O) groups excluding carboxylic acids is 1. The van der Waals surface area contributed by atoms with E-state index in [4.69, 9.17) is 4.74 Å². The molecule has 3 aromatic rings. The molecule has 6 heteroatoms. The first kappa shape index (κ1) is 17.3. The number of benzene rings is 2. The lowest BCUT2D eigenvalue weighted by Gasteiger charge is -2.22. The molecule has 1 aliphatic heterocycles. The van der Waals surface area contributed by atoms with Gasteiger partial charge in [-0.2, -0.15) is 5.10 Å². The van der Waals surface area contributed by atoms with Crippen LogP contribution in [0.3, 0.4) is 0 Å². The molecular weight excluding hydrogens is 360 g/mol. The van der Waals surface area contributed by atoms with Crippen molar-refractivity contribution in [3.05, 3.63) is 82.0 Å². The molecule has 0 bridgehead atoms. The largest absolute Gasteiger partial charge is 0.508 e. The van der Waals surface area contributed by atoms with Gasteiger partial charge in [0.1, 0.15) is 11.5 Å². The van der Waals surface area contributed by atoms with Crippen LogP contribution in [-0.4, -0.2) is 28.8 Å². The number of phenolic OH excluding ortho intramolecular Hbond substituents is 1. The number of amides is 1. The van der Waals surface area contributed by atoms with Crippen LogP contribution in [0.5, 0.6) is 11.5 Å². The number of carbonyl (C=O) groups is 1.